The number of halogens is 1. The van der Waals surface area contributed by atoms with Gasteiger partial charge in [0, 0.05) is 16.3 Å². The van der Waals surface area contributed by atoms with E-state index in [1.807, 2.05) is 32.0 Å². The molecule has 0 saturated heterocycles. The normalized spacial score (nSPS) is 11.2. The first-order chi connectivity index (χ1) is 14.1. The zero-order valence-corrected chi connectivity index (χ0v) is 18.6. The largest absolute Gasteiger partial charge is 0.322 e. The molecular formula is C23H23ClN2O3S. The Balaban J connectivity index is 1.77. The minimum absolute atomic E-state index is 0.198. The van der Waals surface area contributed by atoms with E-state index in [1.54, 1.807) is 48.5 Å². The summed E-state index contributed by atoms with van der Waals surface area (Å²) in [4.78, 5) is 12.3. The lowest BCUT2D eigenvalue weighted by atomic mass is 10.1. The molecule has 3 aromatic rings. The second-order valence-electron chi connectivity index (χ2n) is 7.20. The van der Waals surface area contributed by atoms with Crippen LogP contribution in [0, 0.1) is 13.8 Å². The van der Waals surface area contributed by atoms with Gasteiger partial charge >= 0.3 is 0 Å². The van der Waals surface area contributed by atoms with E-state index in [0.29, 0.717) is 22.0 Å². The number of carbonyl (C=O) groups excluding carboxylic acids is 1. The molecule has 5 nitrogen and oxygen atoms in total. The van der Waals surface area contributed by atoms with E-state index in [2.05, 4.69) is 5.32 Å². The summed E-state index contributed by atoms with van der Waals surface area (Å²) in [6.07, 6.45) is 1.20. The van der Waals surface area contributed by atoms with E-state index < -0.39 is 10.0 Å². The minimum atomic E-state index is -3.46. The molecule has 3 rings (SSSR count). The second kappa shape index (κ2) is 8.90. The van der Waals surface area contributed by atoms with Crippen molar-refractivity contribution in [2.24, 2.45) is 0 Å². The summed E-state index contributed by atoms with van der Waals surface area (Å²) in [6, 6.07) is 19.4. The lowest BCUT2D eigenvalue weighted by Crippen LogP contribution is -2.29. The maximum Gasteiger partial charge on any atom is 0.255 e. The van der Waals surface area contributed by atoms with Crippen molar-refractivity contribution in [1.82, 2.24) is 0 Å². The molecule has 0 aliphatic rings. The van der Waals surface area contributed by atoms with Crippen molar-refractivity contribution < 1.29 is 13.2 Å². The number of hydrogen-bond donors (Lipinski definition) is 1. The summed E-state index contributed by atoms with van der Waals surface area (Å²) in [5.74, 6) is -0.266. The van der Waals surface area contributed by atoms with Gasteiger partial charge in [-0.3, -0.25) is 9.10 Å². The number of anilines is 2. The molecule has 7 heteroatoms. The molecule has 0 unspecified atom stereocenters. The summed E-state index contributed by atoms with van der Waals surface area (Å²) in [7, 11) is -3.46. The molecule has 0 aliphatic carbocycles. The van der Waals surface area contributed by atoms with Crippen LogP contribution in [0.3, 0.4) is 0 Å². The Bertz CT molecular complexity index is 1180. The third kappa shape index (κ3) is 5.40. The SMILES string of the molecule is Cc1ccc(N(Cc2ccc(NC(=O)c3cccc(Cl)c3)cc2)S(C)(=O)=O)cc1C. The quantitative estimate of drug-likeness (QED) is 0.572. The zero-order valence-electron chi connectivity index (χ0n) is 17.0. The summed E-state index contributed by atoms with van der Waals surface area (Å²) >= 11 is 5.93. The molecule has 3 aromatic carbocycles. The fourth-order valence-corrected chi connectivity index (χ4v) is 4.04. The molecule has 1 amide bonds. The average molecular weight is 443 g/mol. The monoisotopic (exact) mass is 442 g/mol. The van der Waals surface area contributed by atoms with Gasteiger partial charge in [-0.25, -0.2) is 8.42 Å². The highest BCUT2D eigenvalue weighted by Crippen LogP contribution is 2.24. The number of aryl methyl sites for hydroxylation is 2. The summed E-state index contributed by atoms with van der Waals surface area (Å²) in [6.45, 7) is 4.14. The van der Waals surface area contributed by atoms with E-state index in [4.69, 9.17) is 11.6 Å². The van der Waals surface area contributed by atoms with Gasteiger partial charge < -0.3 is 5.32 Å². The first-order valence-corrected chi connectivity index (χ1v) is 11.6. The number of hydrogen-bond acceptors (Lipinski definition) is 3. The first-order valence-electron chi connectivity index (χ1n) is 9.34. The molecule has 0 saturated carbocycles. The van der Waals surface area contributed by atoms with Crippen LogP contribution in [-0.4, -0.2) is 20.6 Å². The number of amides is 1. The predicted octanol–water partition coefficient (Wildman–Crippen LogP) is 5.18. The highest BCUT2D eigenvalue weighted by atomic mass is 35.5. The number of rotatable bonds is 6. The average Bonchev–Trinajstić information content (AvgIpc) is 2.68. The van der Waals surface area contributed by atoms with Gasteiger partial charge in [-0.1, -0.05) is 35.9 Å². The van der Waals surface area contributed by atoms with E-state index >= 15 is 0 Å². The number of sulfonamides is 1. The van der Waals surface area contributed by atoms with Crippen LogP contribution in [-0.2, 0) is 16.6 Å². The van der Waals surface area contributed by atoms with Crippen molar-refractivity contribution in [2.45, 2.75) is 20.4 Å². The number of nitrogens with one attached hydrogen (secondary N) is 1. The van der Waals surface area contributed by atoms with Crippen molar-refractivity contribution in [3.8, 4) is 0 Å². The van der Waals surface area contributed by atoms with E-state index in [0.717, 1.165) is 16.7 Å². The van der Waals surface area contributed by atoms with Crippen LogP contribution >= 0.6 is 11.6 Å². The number of benzene rings is 3. The summed E-state index contributed by atoms with van der Waals surface area (Å²) < 4.78 is 26.1. The predicted molar refractivity (Wildman–Crippen MR) is 123 cm³/mol. The van der Waals surface area contributed by atoms with Gasteiger partial charge in [0.1, 0.15) is 0 Å². The summed E-state index contributed by atoms with van der Waals surface area (Å²) in [5, 5.41) is 3.30. The molecule has 0 aliphatic heterocycles. The topological polar surface area (TPSA) is 66.5 Å². The maximum atomic E-state index is 12.4. The van der Waals surface area contributed by atoms with Gasteiger partial charge in [-0.15, -0.1) is 0 Å². The van der Waals surface area contributed by atoms with Crippen molar-refractivity contribution in [3.05, 3.63) is 94.0 Å². The van der Waals surface area contributed by atoms with Gasteiger partial charge in [0.2, 0.25) is 10.0 Å². The molecule has 1 N–H and O–H groups in total. The molecular weight excluding hydrogens is 420 g/mol. The summed E-state index contributed by atoms with van der Waals surface area (Å²) in [5.41, 5.74) is 4.64. The molecule has 30 heavy (non-hydrogen) atoms. The van der Waals surface area contributed by atoms with Crippen molar-refractivity contribution in [3.63, 3.8) is 0 Å². The van der Waals surface area contributed by atoms with Crippen LogP contribution in [0.25, 0.3) is 0 Å². The Kier molecular flexibility index (Phi) is 6.48. The third-order valence-corrected chi connectivity index (χ3v) is 6.18. The molecule has 0 fully saturated rings. The van der Waals surface area contributed by atoms with Crippen molar-refractivity contribution in [2.75, 3.05) is 15.9 Å². The van der Waals surface area contributed by atoms with E-state index in [1.165, 1.54) is 10.6 Å². The second-order valence-corrected chi connectivity index (χ2v) is 9.54. The van der Waals surface area contributed by atoms with Crippen LogP contribution in [0.2, 0.25) is 5.02 Å². The molecule has 0 radical (unpaired) electrons. The number of nitrogens with zero attached hydrogens (tertiary/aromatic N) is 1. The van der Waals surface area contributed by atoms with Gasteiger partial charge in [0.05, 0.1) is 18.5 Å². The lowest BCUT2D eigenvalue weighted by Gasteiger charge is -2.23. The van der Waals surface area contributed by atoms with Crippen LogP contribution < -0.4 is 9.62 Å². The Labute approximate surface area is 182 Å². The highest BCUT2D eigenvalue weighted by molar-refractivity contribution is 7.92. The number of carbonyl (C=O) groups is 1. The van der Waals surface area contributed by atoms with Gasteiger partial charge in [0.25, 0.3) is 5.91 Å². The van der Waals surface area contributed by atoms with Crippen molar-refractivity contribution in [1.29, 1.82) is 0 Å². The zero-order chi connectivity index (χ0) is 21.9. The molecule has 0 heterocycles. The molecule has 156 valence electrons. The third-order valence-electron chi connectivity index (χ3n) is 4.80. The van der Waals surface area contributed by atoms with E-state index in [-0.39, 0.29) is 12.5 Å². The maximum absolute atomic E-state index is 12.4. The molecule has 0 atom stereocenters. The van der Waals surface area contributed by atoms with Gasteiger partial charge in [-0.2, -0.15) is 0 Å². The van der Waals surface area contributed by atoms with Crippen LogP contribution in [0.1, 0.15) is 27.0 Å². The Hall–Kier alpha value is -2.83. The molecule has 0 spiro atoms. The fraction of sp³-hybridized carbons (Fsp3) is 0.174. The Morgan fingerprint density at radius 1 is 0.967 bits per heavy atom. The van der Waals surface area contributed by atoms with E-state index in [9.17, 15) is 13.2 Å². The smallest absolute Gasteiger partial charge is 0.255 e. The van der Waals surface area contributed by atoms with Gasteiger partial charge in [0.15, 0.2) is 0 Å². The van der Waals surface area contributed by atoms with Crippen LogP contribution in [0.15, 0.2) is 66.7 Å². The Morgan fingerprint density at radius 3 is 2.27 bits per heavy atom. The minimum Gasteiger partial charge on any atom is -0.322 e. The van der Waals surface area contributed by atoms with Crippen LogP contribution in [0.5, 0.6) is 0 Å². The van der Waals surface area contributed by atoms with Crippen LogP contribution in [0.4, 0.5) is 11.4 Å². The fourth-order valence-electron chi connectivity index (χ4n) is 2.97. The Morgan fingerprint density at radius 2 is 1.67 bits per heavy atom. The lowest BCUT2D eigenvalue weighted by molar-refractivity contribution is 0.102. The standard InChI is InChI=1S/C23H23ClN2O3S/c1-16-7-12-22(13-17(16)2)26(30(3,28)29)15-18-8-10-21(11-9-18)25-23(27)19-5-4-6-20(24)14-19/h4-14H,15H2,1-3H3,(H,25,27). The van der Waals surface area contributed by atoms with Crippen molar-refractivity contribution >= 4 is 38.9 Å². The molecule has 0 aromatic heterocycles. The van der Waals surface area contributed by atoms with Gasteiger partial charge in [-0.05, 0) is 73.0 Å². The first kappa shape index (κ1) is 21.9. The highest BCUT2D eigenvalue weighted by Gasteiger charge is 2.18. The molecule has 0 bridgehead atoms.